The Balaban J connectivity index is 1.70. The molecule has 0 saturated carbocycles. The topological polar surface area (TPSA) is 149 Å². The van der Waals surface area contributed by atoms with Crippen molar-refractivity contribution < 1.29 is 39.5 Å². The van der Waals surface area contributed by atoms with E-state index in [1.54, 1.807) is 36.4 Å². The van der Waals surface area contributed by atoms with Crippen molar-refractivity contribution in [3.8, 4) is 5.75 Å². The van der Waals surface area contributed by atoms with Crippen molar-refractivity contribution in [2.24, 2.45) is 0 Å². The second-order valence-corrected chi connectivity index (χ2v) is 8.78. The highest BCUT2D eigenvalue weighted by Gasteiger charge is 2.40. The van der Waals surface area contributed by atoms with Gasteiger partial charge in [0.05, 0.1) is 24.3 Å². The van der Waals surface area contributed by atoms with Gasteiger partial charge in [0.25, 0.3) is 0 Å². The number of H-pyrrole nitrogens is 1. The molecule has 9 nitrogen and oxygen atoms in total. The molecule has 0 aliphatic heterocycles. The molecular weight excluding hydrogens is 442 g/mol. The maximum atomic E-state index is 13.5. The molecule has 1 heterocycles. The van der Waals surface area contributed by atoms with Crippen molar-refractivity contribution >= 4 is 22.7 Å². The predicted molar refractivity (Wildman–Crippen MR) is 122 cm³/mol. The lowest BCUT2D eigenvalue weighted by Gasteiger charge is -2.32. The number of aliphatic hydroxyl groups excluding tert-OH is 4. The minimum absolute atomic E-state index is 0.0979. The van der Waals surface area contributed by atoms with Crippen LogP contribution in [0.15, 0.2) is 36.4 Å². The normalized spacial score (nSPS) is 16.0. The van der Waals surface area contributed by atoms with Crippen LogP contribution in [0.25, 0.3) is 10.9 Å². The van der Waals surface area contributed by atoms with Crippen LogP contribution in [0.5, 0.6) is 5.75 Å². The third-order valence-electron chi connectivity index (χ3n) is 6.17. The standard InChI is InChI=1S/C25H27NO8/c1-25(2)17-10-14(34-12-20(30)19(29)11-28)4-6-15(17)22(31)21-16-5-3-13(24(32)33-8-7-27)9-18(16)26-23(21)25/h3-6,9-10,19-20,26-30H,7-8,11-12H2,1-2H3. The van der Waals surface area contributed by atoms with E-state index in [1.807, 2.05) is 13.8 Å². The molecule has 2 atom stereocenters. The Morgan fingerprint density at radius 3 is 2.56 bits per heavy atom. The fraction of sp³-hybridized carbons (Fsp3) is 0.360. The fourth-order valence-corrected chi connectivity index (χ4v) is 4.26. The van der Waals surface area contributed by atoms with Crippen molar-refractivity contribution in [3.63, 3.8) is 0 Å². The van der Waals surface area contributed by atoms with E-state index in [-0.39, 0.29) is 25.6 Å². The minimum atomic E-state index is -1.31. The molecule has 1 aliphatic rings. The number of benzene rings is 2. The molecule has 0 bridgehead atoms. The van der Waals surface area contributed by atoms with Crippen molar-refractivity contribution in [1.29, 1.82) is 0 Å². The lowest BCUT2D eigenvalue weighted by molar-refractivity contribution is -0.0339. The number of ether oxygens (including phenoxy) is 2. The largest absolute Gasteiger partial charge is 0.491 e. The monoisotopic (exact) mass is 469 g/mol. The number of esters is 1. The number of aliphatic hydroxyl groups is 4. The van der Waals surface area contributed by atoms with Crippen molar-refractivity contribution in [2.45, 2.75) is 31.5 Å². The molecule has 0 amide bonds. The van der Waals surface area contributed by atoms with Crippen LogP contribution in [0.4, 0.5) is 0 Å². The number of aromatic nitrogens is 1. The number of hydrogen-bond donors (Lipinski definition) is 5. The Morgan fingerprint density at radius 2 is 1.85 bits per heavy atom. The van der Waals surface area contributed by atoms with Crippen LogP contribution in [0.2, 0.25) is 0 Å². The highest BCUT2D eigenvalue weighted by molar-refractivity contribution is 6.20. The molecular formula is C25H27NO8. The lowest BCUT2D eigenvalue weighted by Crippen LogP contribution is -2.34. The summed E-state index contributed by atoms with van der Waals surface area (Å²) in [7, 11) is 0. The van der Waals surface area contributed by atoms with Gasteiger partial charge in [0.1, 0.15) is 31.2 Å². The van der Waals surface area contributed by atoms with Gasteiger partial charge in [0.2, 0.25) is 0 Å². The highest BCUT2D eigenvalue weighted by atomic mass is 16.5. The summed E-state index contributed by atoms with van der Waals surface area (Å²) < 4.78 is 10.6. The van der Waals surface area contributed by atoms with Gasteiger partial charge < -0.3 is 34.9 Å². The van der Waals surface area contributed by atoms with Gasteiger partial charge in [-0.1, -0.05) is 19.9 Å². The maximum absolute atomic E-state index is 13.5. The van der Waals surface area contributed by atoms with Crippen LogP contribution in [-0.2, 0) is 10.2 Å². The number of rotatable bonds is 8. The second-order valence-electron chi connectivity index (χ2n) is 8.78. The molecule has 180 valence electrons. The molecule has 0 saturated heterocycles. The van der Waals surface area contributed by atoms with Crippen LogP contribution in [-0.4, -0.2) is 75.8 Å². The fourth-order valence-electron chi connectivity index (χ4n) is 4.26. The Hall–Kier alpha value is -3.24. The molecule has 34 heavy (non-hydrogen) atoms. The molecule has 5 N–H and O–H groups in total. The summed E-state index contributed by atoms with van der Waals surface area (Å²) in [5, 5.41) is 37.9. The smallest absolute Gasteiger partial charge is 0.338 e. The van der Waals surface area contributed by atoms with Crippen molar-refractivity contribution in [3.05, 3.63) is 64.3 Å². The zero-order valence-corrected chi connectivity index (χ0v) is 18.9. The minimum Gasteiger partial charge on any atom is -0.491 e. The second kappa shape index (κ2) is 9.19. The van der Waals surface area contributed by atoms with Gasteiger partial charge in [-0.25, -0.2) is 4.79 Å². The van der Waals surface area contributed by atoms with Gasteiger partial charge in [-0.15, -0.1) is 0 Å². The molecule has 3 aromatic rings. The first-order valence-electron chi connectivity index (χ1n) is 10.9. The molecule has 0 fully saturated rings. The van der Waals surface area contributed by atoms with Gasteiger partial charge in [-0.05, 0) is 35.9 Å². The van der Waals surface area contributed by atoms with Gasteiger partial charge in [-0.3, -0.25) is 4.79 Å². The van der Waals surface area contributed by atoms with Crippen molar-refractivity contribution in [1.82, 2.24) is 4.98 Å². The van der Waals surface area contributed by atoms with E-state index < -0.39 is 30.2 Å². The van der Waals surface area contributed by atoms with Crippen molar-refractivity contribution in [2.75, 3.05) is 26.4 Å². The molecule has 9 heteroatoms. The van der Waals surface area contributed by atoms with E-state index in [0.29, 0.717) is 39.0 Å². The van der Waals surface area contributed by atoms with E-state index >= 15 is 0 Å². The van der Waals surface area contributed by atoms with E-state index in [1.165, 1.54) is 0 Å². The van der Waals surface area contributed by atoms with Crippen LogP contribution < -0.4 is 4.74 Å². The van der Waals surface area contributed by atoms with Crippen LogP contribution >= 0.6 is 0 Å². The molecule has 0 radical (unpaired) electrons. The first-order valence-corrected chi connectivity index (χ1v) is 10.9. The molecule has 0 spiro atoms. The number of fused-ring (bicyclic) bond motifs is 4. The molecule has 4 rings (SSSR count). The summed E-state index contributed by atoms with van der Waals surface area (Å²) in [4.78, 5) is 29.0. The first kappa shape index (κ1) is 23.9. The van der Waals surface area contributed by atoms with E-state index in [4.69, 9.17) is 19.7 Å². The average Bonchev–Trinajstić information content (AvgIpc) is 3.24. The average molecular weight is 469 g/mol. The number of carbonyl (C=O) groups excluding carboxylic acids is 2. The third-order valence-corrected chi connectivity index (χ3v) is 6.17. The SMILES string of the molecule is CC1(C)c2cc(OCC(O)C(O)CO)ccc2C(=O)c2c1[nH]c1cc(C(=O)OCCO)ccc21. The van der Waals surface area contributed by atoms with Crippen LogP contribution in [0.3, 0.4) is 0 Å². The van der Waals surface area contributed by atoms with Gasteiger partial charge >= 0.3 is 5.97 Å². The number of carbonyl (C=O) groups is 2. The number of hydrogen-bond acceptors (Lipinski definition) is 8. The number of ketones is 1. The first-order chi connectivity index (χ1) is 16.2. The summed E-state index contributed by atoms with van der Waals surface area (Å²) in [6.45, 7) is 2.77. The molecule has 2 unspecified atom stereocenters. The summed E-state index contributed by atoms with van der Waals surface area (Å²) in [5.74, 6) is -0.307. The van der Waals surface area contributed by atoms with E-state index in [2.05, 4.69) is 4.98 Å². The number of aromatic amines is 1. The summed E-state index contributed by atoms with van der Waals surface area (Å²) >= 11 is 0. The molecule has 2 aromatic carbocycles. The molecule has 1 aliphatic carbocycles. The molecule has 1 aromatic heterocycles. The highest BCUT2D eigenvalue weighted by Crippen LogP contribution is 2.44. The Labute approximate surface area is 195 Å². The summed E-state index contributed by atoms with van der Waals surface area (Å²) in [5.41, 5.74) is 2.81. The van der Waals surface area contributed by atoms with E-state index in [0.717, 1.165) is 5.56 Å². The zero-order chi connectivity index (χ0) is 24.6. The number of nitrogens with one attached hydrogen (secondary N) is 1. The van der Waals surface area contributed by atoms with Gasteiger partial charge in [0, 0.05) is 27.6 Å². The van der Waals surface area contributed by atoms with Gasteiger partial charge in [-0.2, -0.15) is 0 Å². The van der Waals surface area contributed by atoms with Crippen LogP contribution in [0.1, 0.15) is 51.4 Å². The maximum Gasteiger partial charge on any atom is 0.338 e. The quantitative estimate of drug-likeness (QED) is 0.310. The predicted octanol–water partition coefficient (Wildman–Crippen LogP) is 1.28. The van der Waals surface area contributed by atoms with Crippen LogP contribution in [0, 0.1) is 0 Å². The summed E-state index contributed by atoms with van der Waals surface area (Å²) in [6, 6.07) is 9.96. The third kappa shape index (κ3) is 4.07. The lowest BCUT2D eigenvalue weighted by atomic mass is 9.71. The summed E-state index contributed by atoms with van der Waals surface area (Å²) in [6.07, 6.45) is -2.57. The van der Waals surface area contributed by atoms with Gasteiger partial charge in [0.15, 0.2) is 5.78 Å². The Kier molecular flexibility index (Phi) is 6.46. The van der Waals surface area contributed by atoms with E-state index in [9.17, 15) is 19.8 Å². The zero-order valence-electron chi connectivity index (χ0n) is 18.9. The Bertz CT molecular complexity index is 1250. The Morgan fingerprint density at radius 1 is 1.09 bits per heavy atom.